The maximum absolute atomic E-state index is 12.9. The Morgan fingerprint density at radius 2 is 2.06 bits per heavy atom. The predicted octanol–water partition coefficient (Wildman–Crippen LogP) is 2.76. The van der Waals surface area contributed by atoms with E-state index in [2.05, 4.69) is 22.2 Å². The Balaban J connectivity index is 1.27. The van der Waals surface area contributed by atoms with Crippen molar-refractivity contribution < 1.29 is 9.53 Å². The third-order valence-corrected chi connectivity index (χ3v) is 6.57. The number of aryl methyl sites for hydroxylation is 1. The lowest BCUT2D eigenvalue weighted by Gasteiger charge is -2.26. The minimum atomic E-state index is -0.00975. The minimum Gasteiger partial charge on any atom is -0.483 e. The van der Waals surface area contributed by atoms with E-state index in [0.717, 1.165) is 59.9 Å². The Kier molecular flexibility index (Phi) is 5.85. The molecule has 1 fully saturated rings. The molecular weight excluding hydrogens is 416 g/mol. The molecule has 1 saturated heterocycles. The van der Waals surface area contributed by atoms with E-state index in [-0.39, 0.29) is 18.4 Å². The van der Waals surface area contributed by atoms with E-state index < -0.39 is 0 Å². The van der Waals surface area contributed by atoms with Crippen LogP contribution in [0.3, 0.4) is 0 Å². The van der Waals surface area contributed by atoms with Gasteiger partial charge in [-0.05, 0) is 32.5 Å². The van der Waals surface area contributed by atoms with Gasteiger partial charge in [-0.15, -0.1) is 0 Å². The Bertz CT molecular complexity index is 1180. The molecule has 3 aromatic rings. The minimum absolute atomic E-state index is 0.00975. The number of carbonyl (C=O) groups excluding carboxylic acids is 1. The van der Waals surface area contributed by atoms with Crippen LogP contribution in [0, 0.1) is 6.92 Å². The van der Waals surface area contributed by atoms with Gasteiger partial charge in [-0.25, -0.2) is 9.97 Å². The number of aromatic nitrogens is 3. The van der Waals surface area contributed by atoms with Crippen molar-refractivity contribution in [1.29, 1.82) is 0 Å². The van der Waals surface area contributed by atoms with Crippen molar-refractivity contribution in [3.63, 3.8) is 0 Å². The van der Waals surface area contributed by atoms with Crippen LogP contribution in [0.15, 0.2) is 30.3 Å². The highest BCUT2D eigenvalue weighted by molar-refractivity contribution is 5.86. The molecule has 0 aliphatic carbocycles. The van der Waals surface area contributed by atoms with Gasteiger partial charge in [-0.3, -0.25) is 9.78 Å². The Morgan fingerprint density at radius 1 is 1.21 bits per heavy atom. The molecule has 0 bridgehead atoms. The molecule has 8 nitrogen and oxygen atoms in total. The van der Waals surface area contributed by atoms with Gasteiger partial charge in [0.1, 0.15) is 17.4 Å². The summed E-state index contributed by atoms with van der Waals surface area (Å²) < 4.78 is 5.96. The maximum Gasteiger partial charge on any atom is 0.260 e. The molecule has 8 heteroatoms. The summed E-state index contributed by atoms with van der Waals surface area (Å²) in [5.74, 6) is 2.59. The number of benzene rings is 1. The van der Waals surface area contributed by atoms with Crippen LogP contribution in [0.1, 0.15) is 35.1 Å². The number of amides is 1. The highest BCUT2D eigenvalue weighted by atomic mass is 16.5. The fourth-order valence-electron chi connectivity index (χ4n) is 4.77. The van der Waals surface area contributed by atoms with Crippen LogP contribution in [-0.4, -0.2) is 71.0 Å². The van der Waals surface area contributed by atoms with E-state index in [9.17, 15) is 4.79 Å². The van der Waals surface area contributed by atoms with Crippen LogP contribution in [0.5, 0.6) is 5.75 Å². The second-order valence-corrected chi connectivity index (χ2v) is 8.99. The predicted molar refractivity (Wildman–Crippen MR) is 128 cm³/mol. The van der Waals surface area contributed by atoms with Gasteiger partial charge in [-0.1, -0.05) is 12.1 Å². The number of fused-ring (bicyclic) bond motifs is 2. The molecule has 0 spiro atoms. The topological polar surface area (TPSA) is 83.5 Å². The standard InChI is InChI=1S/C25H30N6O2/c1-16-12-22(18-6-4-5-7-20(18)27-16)33-15-23(32)31-11-8-17(13-31)24-28-21-9-10-30(3)14-19(21)25(26-2)29-24/h4-7,12,17H,8-11,13-15H2,1-3H3,(H,26,28,29). The summed E-state index contributed by atoms with van der Waals surface area (Å²) >= 11 is 0. The summed E-state index contributed by atoms with van der Waals surface area (Å²) in [5, 5.41) is 4.17. The molecule has 4 heterocycles. The second kappa shape index (κ2) is 8.94. The number of hydrogen-bond acceptors (Lipinski definition) is 7. The number of rotatable bonds is 5. The molecule has 172 valence electrons. The van der Waals surface area contributed by atoms with E-state index in [1.807, 2.05) is 49.2 Å². The number of para-hydroxylation sites is 1. The van der Waals surface area contributed by atoms with E-state index >= 15 is 0 Å². The molecule has 1 N–H and O–H groups in total. The Labute approximate surface area is 194 Å². The van der Waals surface area contributed by atoms with Gasteiger partial charge in [0.05, 0.1) is 11.2 Å². The number of carbonyl (C=O) groups is 1. The average molecular weight is 447 g/mol. The summed E-state index contributed by atoms with van der Waals surface area (Å²) in [6.45, 7) is 5.13. The van der Waals surface area contributed by atoms with Gasteiger partial charge in [0.2, 0.25) is 0 Å². The fraction of sp³-hybridized carbons (Fsp3) is 0.440. The van der Waals surface area contributed by atoms with Crippen LogP contribution >= 0.6 is 0 Å². The normalized spacial score (nSPS) is 18.4. The van der Waals surface area contributed by atoms with Gasteiger partial charge in [0.15, 0.2) is 6.61 Å². The fourth-order valence-corrected chi connectivity index (χ4v) is 4.77. The van der Waals surface area contributed by atoms with Crippen molar-refractivity contribution in [2.24, 2.45) is 0 Å². The van der Waals surface area contributed by atoms with Gasteiger partial charge in [-0.2, -0.15) is 0 Å². The van der Waals surface area contributed by atoms with Crippen molar-refractivity contribution in [2.45, 2.75) is 32.2 Å². The van der Waals surface area contributed by atoms with Gasteiger partial charge < -0.3 is 19.9 Å². The van der Waals surface area contributed by atoms with Crippen molar-refractivity contribution in [3.8, 4) is 5.75 Å². The van der Waals surface area contributed by atoms with E-state index in [1.165, 1.54) is 5.56 Å². The molecule has 1 amide bonds. The first kappa shape index (κ1) is 21.6. The lowest BCUT2D eigenvalue weighted by atomic mass is 10.0. The zero-order valence-corrected chi connectivity index (χ0v) is 19.5. The van der Waals surface area contributed by atoms with Crippen LogP contribution in [0.4, 0.5) is 5.82 Å². The first-order valence-electron chi connectivity index (χ1n) is 11.5. The number of likely N-dealkylation sites (N-methyl/N-ethyl adjacent to an activating group) is 1. The van der Waals surface area contributed by atoms with Crippen LogP contribution in [-0.2, 0) is 17.8 Å². The molecule has 0 radical (unpaired) electrons. The first-order chi connectivity index (χ1) is 16.0. The molecule has 2 aliphatic heterocycles. The number of hydrogen-bond donors (Lipinski definition) is 1. The van der Waals surface area contributed by atoms with Gasteiger partial charge in [0, 0.05) is 68.3 Å². The molecule has 1 aromatic carbocycles. The summed E-state index contributed by atoms with van der Waals surface area (Å²) in [7, 11) is 4.03. The quantitative estimate of drug-likeness (QED) is 0.645. The summed E-state index contributed by atoms with van der Waals surface area (Å²) in [6, 6.07) is 9.72. The van der Waals surface area contributed by atoms with Crippen LogP contribution < -0.4 is 10.1 Å². The zero-order valence-electron chi connectivity index (χ0n) is 19.5. The number of likely N-dealkylation sites (tertiary alicyclic amines) is 1. The third kappa shape index (κ3) is 4.35. The molecular formula is C25H30N6O2. The van der Waals surface area contributed by atoms with Crippen molar-refractivity contribution in [2.75, 3.05) is 45.7 Å². The number of nitrogens with zero attached hydrogens (tertiary/aromatic N) is 5. The monoisotopic (exact) mass is 446 g/mol. The smallest absolute Gasteiger partial charge is 0.260 e. The molecule has 33 heavy (non-hydrogen) atoms. The van der Waals surface area contributed by atoms with Crippen molar-refractivity contribution >= 4 is 22.6 Å². The molecule has 2 aromatic heterocycles. The first-order valence-corrected chi connectivity index (χ1v) is 11.5. The molecule has 5 rings (SSSR count). The molecule has 1 atom stereocenters. The number of nitrogens with one attached hydrogen (secondary N) is 1. The highest BCUT2D eigenvalue weighted by Crippen LogP contribution is 2.30. The van der Waals surface area contributed by atoms with E-state index in [4.69, 9.17) is 14.7 Å². The SMILES string of the molecule is CNc1nc(C2CCN(C(=O)COc3cc(C)nc4ccccc34)C2)nc2c1CN(C)CC2. The van der Waals surface area contributed by atoms with E-state index in [0.29, 0.717) is 18.8 Å². The third-order valence-electron chi connectivity index (χ3n) is 6.57. The zero-order chi connectivity index (χ0) is 22.9. The van der Waals surface area contributed by atoms with Gasteiger partial charge >= 0.3 is 0 Å². The van der Waals surface area contributed by atoms with Crippen LogP contribution in [0.2, 0.25) is 0 Å². The van der Waals surface area contributed by atoms with E-state index in [1.54, 1.807) is 0 Å². The number of anilines is 1. The lowest BCUT2D eigenvalue weighted by molar-refractivity contribution is -0.132. The summed E-state index contributed by atoms with van der Waals surface area (Å²) in [4.78, 5) is 31.4. The second-order valence-electron chi connectivity index (χ2n) is 8.99. The molecule has 2 aliphatic rings. The Hall–Kier alpha value is -3.26. The average Bonchev–Trinajstić information content (AvgIpc) is 3.32. The summed E-state index contributed by atoms with van der Waals surface area (Å²) in [5.41, 5.74) is 4.07. The van der Waals surface area contributed by atoms with Crippen LogP contribution in [0.25, 0.3) is 10.9 Å². The van der Waals surface area contributed by atoms with Crippen molar-refractivity contribution in [1.82, 2.24) is 24.8 Å². The van der Waals surface area contributed by atoms with Gasteiger partial charge in [0.25, 0.3) is 5.91 Å². The summed E-state index contributed by atoms with van der Waals surface area (Å²) in [6.07, 6.45) is 1.80. The number of ether oxygens (including phenoxy) is 1. The molecule has 0 saturated carbocycles. The highest BCUT2D eigenvalue weighted by Gasteiger charge is 2.31. The maximum atomic E-state index is 12.9. The van der Waals surface area contributed by atoms with Crippen molar-refractivity contribution in [3.05, 3.63) is 53.1 Å². The molecule has 1 unspecified atom stereocenters. The largest absolute Gasteiger partial charge is 0.483 e. The number of pyridine rings is 1. The Morgan fingerprint density at radius 3 is 2.91 bits per heavy atom. The lowest BCUT2D eigenvalue weighted by Crippen LogP contribution is -2.33.